The second kappa shape index (κ2) is 23.0. The number of allylic oxidation sites excluding steroid dienone is 1. The lowest BCUT2D eigenvalue weighted by atomic mass is 9.99. The number of benzene rings is 1. The fraction of sp³-hybridized carbons (Fsp3) is 0.577. The highest BCUT2D eigenvalue weighted by molar-refractivity contribution is 5.71. The molecule has 0 unspecified atom stereocenters. The van der Waals surface area contributed by atoms with Gasteiger partial charge in [0.25, 0.3) is 5.69 Å². The maximum Gasteiger partial charge on any atom is 0.332 e. The van der Waals surface area contributed by atoms with E-state index in [0.717, 1.165) is 16.7 Å². The quantitative estimate of drug-likeness (QED) is 0.202. The second-order valence-electron chi connectivity index (χ2n) is 6.97. The Morgan fingerprint density at radius 2 is 1.66 bits per heavy atom. The predicted molar refractivity (Wildman–Crippen MR) is 137 cm³/mol. The maximum absolute atomic E-state index is 10.7. The van der Waals surface area contributed by atoms with Gasteiger partial charge in [-0.15, -0.1) is 12.3 Å². The molecule has 0 aliphatic carbocycles. The predicted octanol–water partition coefficient (Wildman–Crippen LogP) is 7.38. The Morgan fingerprint density at radius 1 is 1.19 bits per heavy atom. The summed E-state index contributed by atoms with van der Waals surface area (Å²) >= 11 is 0. The van der Waals surface area contributed by atoms with Crippen LogP contribution in [0, 0.1) is 29.4 Å². The number of hydrogen-bond acceptors (Lipinski definition) is 5. The third-order valence-electron chi connectivity index (χ3n) is 2.81. The highest BCUT2D eigenvalue weighted by atomic mass is 16.6. The molecule has 1 rings (SSSR count). The number of esters is 1. The number of non-ortho nitro benzene ring substituents is 1. The van der Waals surface area contributed by atoms with Crippen molar-refractivity contribution in [3.8, 4) is 12.3 Å². The van der Waals surface area contributed by atoms with E-state index in [2.05, 4.69) is 31.1 Å². The lowest BCUT2D eigenvalue weighted by molar-refractivity contribution is -0.384. The van der Waals surface area contributed by atoms with Crippen LogP contribution in [0.3, 0.4) is 0 Å². The summed E-state index contributed by atoms with van der Waals surface area (Å²) in [6.45, 7) is 23.4. The molecule has 0 amide bonds. The molecule has 0 radical (unpaired) electrons. The van der Waals surface area contributed by atoms with Crippen molar-refractivity contribution in [3.63, 3.8) is 0 Å². The van der Waals surface area contributed by atoms with Gasteiger partial charge in [-0.2, -0.15) is 0 Å². The largest absolute Gasteiger partial charge is 0.458 e. The molecule has 0 spiro atoms. The number of terminal acetylenes is 1. The van der Waals surface area contributed by atoms with Crippen LogP contribution in [0.5, 0.6) is 0 Å². The van der Waals surface area contributed by atoms with Crippen LogP contribution in [0.2, 0.25) is 0 Å². The molecule has 0 fully saturated rings. The molecule has 0 N–H and O–H groups in total. The Balaban J connectivity index is -0.000000200. The van der Waals surface area contributed by atoms with Crippen molar-refractivity contribution >= 4 is 17.2 Å². The van der Waals surface area contributed by atoms with Gasteiger partial charge in [-0.25, -0.2) is 4.79 Å². The second-order valence-corrected chi connectivity index (χ2v) is 6.97. The van der Waals surface area contributed by atoms with Crippen LogP contribution < -0.4 is 0 Å². The topological polar surface area (TPSA) is 78.7 Å². The first-order valence-electron chi connectivity index (χ1n) is 11.0. The van der Waals surface area contributed by atoms with Crippen LogP contribution >= 0.6 is 0 Å². The molecule has 0 atom stereocenters. The van der Waals surface area contributed by atoms with E-state index in [1.54, 1.807) is 6.07 Å². The van der Waals surface area contributed by atoms with Gasteiger partial charge in [0.1, 0.15) is 12.2 Å². The zero-order valence-electron chi connectivity index (χ0n) is 22.1. The van der Waals surface area contributed by atoms with Gasteiger partial charge in [0.2, 0.25) is 0 Å². The molecule has 0 aliphatic rings. The summed E-state index contributed by atoms with van der Waals surface area (Å²) in [6, 6.07) is 4.69. The normalized spacial score (nSPS) is 8.81. The number of aryl methyl sites for hydroxylation is 1. The van der Waals surface area contributed by atoms with Gasteiger partial charge in [0.15, 0.2) is 0 Å². The highest BCUT2D eigenvalue weighted by Gasteiger charge is 2.15. The van der Waals surface area contributed by atoms with Crippen LogP contribution in [-0.2, 0) is 14.3 Å². The van der Waals surface area contributed by atoms with Gasteiger partial charge in [-0.1, -0.05) is 60.6 Å². The number of ether oxygens (including phenoxy) is 2. The van der Waals surface area contributed by atoms with Crippen molar-refractivity contribution in [2.24, 2.45) is 0 Å². The Bertz CT molecular complexity index is 682. The summed E-state index contributed by atoms with van der Waals surface area (Å²) in [5.41, 5.74) is 2.10. The summed E-state index contributed by atoms with van der Waals surface area (Å²) in [5, 5.41) is 10.6. The van der Waals surface area contributed by atoms with Gasteiger partial charge < -0.3 is 9.47 Å². The van der Waals surface area contributed by atoms with E-state index >= 15 is 0 Å². The number of rotatable bonds is 5. The summed E-state index contributed by atoms with van der Waals surface area (Å²) < 4.78 is 9.49. The fourth-order valence-electron chi connectivity index (χ4n) is 1.81. The van der Waals surface area contributed by atoms with Gasteiger partial charge in [0, 0.05) is 25.7 Å². The standard InChI is InChI=1S/C12H11NO2.C7H14O3.C3H8.2C2H6/c1-4-5-9(2)12-8-11(13(14)15)7-6-10(12)3;1-7(2,3)10-6(8)5-9-4;1-3-2;2*1-2/h1,6-8H,2,5H2,3H3;5H2,1-4H3;3H2,1-2H3;2*1-2H3. The third-order valence-corrected chi connectivity index (χ3v) is 2.81. The van der Waals surface area contributed by atoms with Gasteiger partial charge in [-0.05, 0) is 44.4 Å². The van der Waals surface area contributed by atoms with Crippen molar-refractivity contribution in [1.82, 2.24) is 0 Å². The van der Waals surface area contributed by atoms with Crippen molar-refractivity contribution in [2.75, 3.05) is 13.7 Å². The molecule has 6 nitrogen and oxygen atoms in total. The van der Waals surface area contributed by atoms with Crippen molar-refractivity contribution in [1.29, 1.82) is 0 Å². The lowest BCUT2D eigenvalue weighted by Gasteiger charge is -2.18. The van der Waals surface area contributed by atoms with E-state index < -0.39 is 10.5 Å². The number of carbonyl (C=O) groups excluding carboxylic acids is 1. The molecule has 0 bridgehead atoms. The Labute approximate surface area is 196 Å². The van der Waals surface area contributed by atoms with E-state index in [9.17, 15) is 14.9 Å². The molecule has 6 heteroatoms. The summed E-state index contributed by atoms with van der Waals surface area (Å²) in [6.07, 6.45) is 6.82. The molecule has 0 saturated carbocycles. The summed E-state index contributed by atoms with van der Waals surface area (Å²) in [7, 11) is 1.46. The molecular formula is C26H45NO5. The average Bonchev–Trinajstić information content (AvgIpc) is 2.71. The molecule has 184 valence electrons. The smallest absolute Gasteiger partial charge is 0.332 e. The van der Waals surface area contributed by atoms with Crippen molar-refractivity contribution in [3.05, 3.63) is 46.0 Å². The van der Waals surface area contributed by atoms with E-state index in [1.165, 1.54) is 25.7 Å². The first-order valence-corrected chi connectivity index (χ1v) is 11.0. The molecule has 0 aliphatic heterocycles. The van der Waals surface area contributed by atoms with Crippen LogP contribution in [0.25, 0.3) is 5.57 Å². The molecule has 0 saturated heterocycles. The number of nitro groups is 1. The lowest BCUT2D eigenvalue weighted by Crippen LogP contribution is -2.26. The van der Waals surface area contributed by atoms with Gasteiger partial charge in [-0.3, -0.25) is 10.1 Å². The SMILES string of the molecule is C#CCC(=C)c1cc([N+](=O)[O-])ccc1C.CC.CC.CCC.COCC(=O)OC(C)(C)C. The van der Waals surface area contributed by atoms with Crippen LogP contribution in [0.1, 0.15) is 86.3 Å². The Hall–Kier alpha value is -2.65. The number of nitrogens with zero attached hydrogens (tertiary/aromatic N) is 1. The zero-order chi connectivity index (χ0) is 26.3. The minimum absolute atomic E-state index is 0.0251. The van der Waals surface area contributed by atoms with Crippen LogP contribution in [0.4, 0.5) is 5.69 Å². The molecule has 1 aromatic rings. The number of carbonyl (C=O) groups is 1. The van der Waals surface area contributed by atoms with Crippen molar-refractivity contribution in [2.45, 2.75) is 87.7 Å². The average molecular weight is 452 g/mol. The number of methoxy groups -OCH3 is 1. The number of hydrogen-bond donors (Lipinski definition) is 0. The molecule has 1 aromatic carbocycles. The summed E-state index contributed by atoms with van der Waals surface area (Å²) in [5.74, 6) is 2.15. The first-order chi connectivity index (χ1) is 14.9. The molecule has 32 heavy (non-hydrogen) atoms. The Morgan fingerprint density at radius 3 is 2.00 bits per heavy atom. The first kappa shape index (κ1) is 36.7. The minimum atomic E-state index is -0.425. The maximum atomic E-state index is 10.7. The van der Waals surface area contributed by atoms with Gasteiger partial charge >= 0.3 is 5.97 Å². The fourth-order valence-corrected chi connectivity index (χ4v) is 1.81. The van der Waals surface area contributed by atoms with E-state index in [4.69, 9.17) is 11.2 Å². The highest BCUT2D eigenvalue weighted by Crippen LogP contribution is 2.24. The Kier molecular flexibility index (Phi) is 26.4. The van der Waals surface area contributed by atoms with Crippen LogP contribution in [0.15, 0.2) is 24.8 Å². The summed E-state index contributed by atoms with van der Waals surface area (Å²) in [4.78, 5) is 20.9. The molecule has 0 heterocycles. The number of nitro benzene ring substituents is 1. The zero-order valence-corrected chi connectivity index (χ0v) is 22.1. The minimum Gasteiger partial charge on any atom is -0.458 e. The van der Waals surface area contributed by atoms with E-state index in [0.29, 0.717) is 6.42 Å². The monoisotopic (exact) mass is 451 g/mol. The van der Waals surface area contributed by atoms with E-state index in [1.807, 2.05) is 55.4 Å². The van der Waals surface area contributed by atoms with E-state index in [-0.39, 0.29) is 18.3 Å². The molecular weight excluding hydrogens is 406 g/mol. The van der Waals surface area contributed by atoms with Crippen molar-refractivity contribution < 1.29 is 19.2 Å². The third kappa shape index (κ3) is 22.0. The van der Waals surface area contributed by atoms with Crippen LogP contribution in [-0.4, -0.2) is 30.2 Å². The molecule has 0 aromatic heterocycles. The van der Waals surface area contributed by atoms with Gasteiger partial charge in [0.05, 0.1) is 4.92 Å².